The van der Waals surface area contributed by atoms with E-state index in [9.17, 15) is 19.2 Å². The van der Waals surface area contributed by atoms with Crippen LogP contribution in [0.25, 0.3) is 0 Å². The second-order valence-corrected chi connectivity index (χ2v) is 8.24. The molecule has 0 bridgehead atoms. The number of carbonyl (C=O) groups is 4. The number of amides is 3. The van der Waals surface area contributed by atoms with Gasteiger partial charge in [-0.3, -0.25) is 24.1 Å². The minimum Gasteiger partial charge on any atom is -0.454 e. The molecule has 1 N–H and O–H groups in total. The summed E-state index contributed by atoms with van der Waals surface area (Å²) in [4.78, 5) is 50.8. The molecule has 1 saturated heterocycles. The fraction of sp³-hybridized carbons (Fsp3) is 0.360. The maximum Gasteiger partial charge on any atom is 0.326 e. The number of nitrogens with one attached hydrogen (secondary N) is 1. The minimum absolute atomic E-state index is 0.297. The highest BCUT2D eigenvalue weighted by molar-refractivity contribution is 6.07. The standard InChI is InChI=1S/C25H26N2O5/c28-21(26-23(17-9-3-1-4-10-17)18-11-5-2-6-12-18)16-32-22(29)15-27-24(30)19-13-7-8-14-20(19)25(27)31/h1-6,9-12,19-20,23H,7-8,13-16H2,(H,26,28)/t19-,20+. The zero-order valence-electron chi connectivity index (χ0n) is 17.7. The fourth-order valence-electron chi connectivity index (χ4n) is 4.56. The average molecular weight is 434 g/mol. The third-order valence-corrected chi connectivity index (χ3v) is 6.16. The SMILES string of the molecule is O=C(COC(=O)CN1C(=O)[C@H]2CCCC[C@H]2C1=O)NC(c1ccccc1)c1ccccc1. The van der Waals surface area contributed by atoms with Gasteiger partial charge in [0.05, 0.1) is 17.9 Å². The molecule has 7 nitrogen and oxygen atoms in total. The number of fused-ring (bicyclic) bond motifs is 1. The van der Waals surface area contributed by atoms with Crippen LogP contribution in [0, 0.1) is 11.8 Å². The molecular weight excluding hydrogens is 408 g/mol. The van der Waals surface area contributed by atoms with E-state index in [-0.39, 0.29) is 23.7 Å². The van der Waals surface area contributed by atoms with E-state index in [1.807, 2.05) is 60.7 Å². The van der Waals surface area contributed by atoms with Crippen molar-refractivity contribution in [1.29, 1.82) is 0 Å². The summed E-state index contributed by atoms with van der Waals surface area (Å²) in [6, 6.07) is 18.6. The van der Waals surface area contributed by atoms with Crippen LogP contribution < -0.4 is 5.32 Å². The van der Waals surface area contributed by atoms with Crippen LogP contribution in [-0.4, -0.2) is 41.7 Å². The van der Waals surface area contributed by atoms with Gasteiger partial charge in [-0.2, -0.15) is 0 Å². The lowest BCUT2D eigenvalue weighted by atomic mass is 9.81. The van der Waals surface area contributed by atoms with Gasteiger partial charge in [-0.15, -0.1) is 0 Å². The minimum atomic E-state index is -0.767. The number of imide groups is 1. The molecule has 0 unspecified atom stereocenters. The number of hydrogen-bond acceptors (Lipinski definition) is 5. The molecule has 2 aromatic rings. The van der Waals surface area contributed by atoms with Crippen LogP contribution in [0.2, 0.25) is 0 Å². The van der Waals surface area contributed by atoms with Crippen LogP contribution >= 0.6 is 0 Å². The van der Waals surface area contributed by atoms with Crippen LogP contribution in [0.5, 0.6) is 0 Å². The predicted molar refractivity (Wildman–Crippen MR) is 116 cm³/mol. The molecular formula is C25H26N2O5. The molecule has 0 aromatic heterocycles. The van der Waals surface area contributed by atoms with Gasteiger partial charge < -0.3 is 10.1 Å². The van der Waals surface area contributed by atoms with Gasteiger partial charge >= 0.3 is 5.97 Å². The summed E-state index contributed by atoms with van der Waals surface area (Å²) in [6.45, 7) is -0.934. The summed E-state index contributed by atoms with van der Waals surface area (Å²) in [5, 5.41) is 2.89. The van der Waals surface area contributed by atoms with Gasteiger partial charge in [-0.05, 0) is 24.0 Å². The highest BCUT2D eigenvalue weighted by Gasteiger charge is 2.48. The van der Waals surface area contributed by atoms with Gasteiger partial charge in [0.2, 0.25) is 11.8 Å². The number of hydrogen-bond donors (Lipinski definition) is 1. The van der Waals surface area contributed by atoms with Crippen molar-refractivity contribution in [2.45, 2.75) is 31.7 Å². The molecule has 2 aliphatic rings. The molecule has 1 heterocycles. The lowest BCUT2D eigenvalue weighted by Gasteiger charge is -2.20. The first-order valence-electron chi connectivity index (χ1n) is 10.9. The Bertz CT molecular complexity index is 928. The molecule has 7 heteroatoms. The number of nitrogens with zero attached hydrogens (tertiary/aromatic N) is 1. The third-order valence-electron chi connectivity index (χ3n) is 6.16. The number of ether oxygens (including phenoxy) is 1. The van der Waals surface area contributed by atoms with Gasteiger partial charge in [-0.25, -0.2) is 0 Å². The summed E-state index contributed by atoms with van der Waals surface area (Å²) in [5.41, 5.74) is 1.79. The predicted octanol–water partition coefficient (Wildman–Crippen LogP) is 2.61. The third kappa shape index (κ3) is 4.72. The Morgan fingerprint density at radius 3 is 1.88 bits per heavy atom. The molecule has 1 saturated carbocycles. The number of rotatable bonds is 7. The van der Waals surface area contributed by atoms with E-state index >= 15 is 0 Å². The number of carbonyl (C=O) groups excluding carboxylic acids is 4. The Morgan fingerprint density at radius 2 is 1.38 bits per heavy atom. The topological polar surface area (TPSA) is 92.8 Å². The molecule has 166 valence electrons. The Labute approximate surface area is 186 Å². The second kappa shape index (κ2) is 9.77. The molecule has 2 fully saturated rings. The van der Waals surface area contributed by atoms with Crippen molar-refractivity contribution in [2.24, 2.45) is 11.8 Å². The van der Waals surface area contributed by atoms with E-state index in [1.165, 1.54) is 0 Å². The maximum atomic E-state index is 12.5. The molecule has 2 atom stereocenters. The molecule has 0 spiro atoms. The van der Waals surface area contributed by atoms with Crippen molar-refractivity contribution in [2.75, 3.05) is 13.2 Å². The molecule has 4 rings (SSSR count). The van der Waals surface area contributed by atoms with Crippen LogP contribution in [0.15, 0.2) is 60.7 Å². The molecule has 1 aliphatic carbocycles. The second-order valence-electron chi connectivity index (χ2n) is 8.24. The van der Waals surface area contributed by atoms with Crippen molar-refractivity contribution >= 4 is 23.7 Å². The van der Waals surface area contributed by atoms with Gasteiger partial charge in [0.25, 0.3) is 5.91 Å². The van der Waals surface area contributed by atoms with Crippen molar-refractivity contribution in [3.8, 4) is 0 Å². The Hall–Kier alpha value is -3.48. The summed E-state index contributed by atoms with van der Waals surface area (Å²) < 4.78 is 5.09. The molecule has 1 aliphatic heterocycles. The van der Waals surface area contributed by atoms with E-state index in [1.54, 1.807) is 0 Å². The van der Waals surface area contributed by atoms with Gasteiger partial charge in [0, 0.05) is 0 Å². The van der Waals surface area contributed by atoms with Crippen molar-refractivity contribution in [1.82, 2.24) is 10.2 Å². The fourth-order valence-corrected chi connectivity index (χ4v) is 4.56. The largest absolute Gasteiger partial charge is 0.454 e. The smallest absolute Gasteiger partial charge is 0.326 e. The van der Waals surface area contributed by atoms with Crippen molar-refractivity contribution in [3.05, 3.63) is 71.8 Å². The molecule has 2 aromatic carbocycles. The van der Waals surface area contributed by atoms with Crippen LogP contribution in [0.1, 0.15) is 42.9 Å². The van der Waals surface area contributed by atoms with Crippen molar-refractivity contribution in [3.63, 3.8) is 0 Å². The number of benzene rings is 2. The first kappa shape index (κ1) is 21.7. The van der Waals surface area contributed by atoms with Gasteiger partial charge in [-0.1, -0.05) is 73.5 Å². The highest BCUT2D eigenvalue weighted by atomic mass is 16.5. The van der Waals surface area contributed by atoms with E-state index < -0.39 is 31.1 Å². The monoisotopic (exact) mass is 434 g/mol. The quantitative estimate of drug-likeness (QED) is 0.534. The van der Waals surface area contributed by atoms with Crippen molar-refractivity contribution < 1.29 is 23.9 Å². The maximum absolute atomic E-state index is 12.5. The molecule has 32 heavy (non-hydrogen) atoms. The van der Waals surface area contributed by atoms with Gasteiger partial charge in [0.1, 0.15) is 6.54 Å². The number of esters is 1. The summed E-state index contributed by atoms with van der Waals surface area (Å²) in [5.74, 6) is -2.46. The summed E-state index contributed by atoms with van der Waals surface area (Å²) in [6.07, 6.45) is 3.21. The Morgan fingerprint density at radius 1 is 0.875 bits per heavy atom. The zero-order chi connectivity index (χ0) is 22.5. The number of likely N-dealkylation sites (tertiary alicyclic amines) is 1. The van der Waals surface area contributed by atoms with Crippen LogP contribution in [0.3, 0.4) is 0 Å². The summed E-state index contributed by atoms with van der Waals surface area (Å²) >= 11 is 0. The molecule has 0 radical (unpaired) electrons. The van der Waals surface area contributed by atoms with E-state index in [2.05, 4.69) is 5.32 Å². The normalized spacial score (nSPS) is 20.2. The first-order chi connectivity index (χ1) is 15.5. The zero-order valence-corrected chi connectivity index (χ0v) is 17.7. The van der Waals surface area contributed by atoms with E-state index in [4.69, 9.17) is 4.74 Å². The lowest BCUT2D eigenvalue weighted by molar-refractivity contribution is -0.155. The van der Waals surface area contributed by atoms with E-state index in [0.29, 0.717) is 12.8 Å². The highest BCUT2D eigenvalue weighted by Crippen LogP contribution is 2.37. The average Bonchev–Trinajstić information content (AvgIpc) is 3.07. The van der Waals surface area contributed by atoms with Crippen LogP contribution in [0.4, 0.5) is 0 Å². The molecule has 3 amide bonds. The van der Waals surface area contributed by atoms with E-state index in [0.717, 1.165) is 28.9 Å². The van der Waals surface area contributed by atoms with Gasteiger partial charge in [0.15, 0.2) is 6.61 Å². The first-order valence-corrected chi connectivity index (χ1v) is 10.9. The van der Waals surface area contributed by atoms with Crippen LogP contribution in [-0.2, 0) is 23.9 Å². The summed E-state index contributed by atoms with van der Waals surface area (Å²) in [7, 11) is 0. The lowest BCUT2D eigenvalue weighted by Crippen LogP contribution is -2.38. The Kier molecular flexibility index (Phi) is 6.63. The Balaban J connectivity index is 1.34.